The number of nitrogens with one attached hydrogen (secondary N) is 1. The van der Waals surface area contributed by atoms with Crippen LogP contribution in [0.15, 0.2) is 18.2 Å². The van der Waals surface area contributed by atoms with Crippen molar-refractivity contribution < 1.29 is 19.1 Å². The van der Waals surface area contributed by atoms with Crippen LogP contribution in [0.3, 0.4) is 0 Å². The van der Waals surface area contributed by atoms with Crippen molar-refractivity contribution in [3.8, 4) is 5.75 Å². The van der Waals surface area contributed by atoms with Crippen molar-refractivity contribution in [2.45, 2.75) is 52.6 Å². The maximum Gasteiger partial charge on any atom is 0.341 e. The zero-order valence-corrected chi connectivity index (χ0v) is 17.0. The van der Waals surface area contributed by atoms with E-state index in [2.05, 4.69) is 5.32 Å². The maximum absolute atomic E-state index is 12.7. The van der Waals surface area contributed by atoms with E-state index in [-0.39, 0.29) is 5.91 Å². The lowest BCUT2D eigenvalue weighted by Crippen LogP contribution is -2.30. The molecular weight excluding hydrogens is 362 g/mol. The molecule has 1 unspecified atom stereocenters. The van der Waals surface area contributed by atoms with Gasteiger partial charge in [-0.2, -0.15) is 0 Å². The Morgan fingerprint density at radius 2 is 1.93 bits per heavy atom. The second-order valence-electron chi connectivity index (χ2n) is 6.85. The molecule has 1 aromatic carbocycles. The van der Waals surface area contributed by atoms with E-state index in [1.54, 1.807) is 6.92 Å². The molecule has 0 bridgehead atoms. The van der Waals surface area contributed by atoms with Crippen molar-refractivity contribution in [2.75, 3.05) is 12.4 Å². The van der Waals surface area contributed by atoms with Gasteiger partial charge in [-0.25, -0.2) is 4.79 Å². The van der Waals surface area contributed by atoms with Crippen molar-refractivity contribution in [2.24, 2.45) is 0 Å². The molecule has 0 saturated carbocycles. The number of anilines is 1. The van der Waals surface area contributed by atoms with Gasteiger partial charge in [-0.3, -0.25) is 4.79 Å². The van der Waals surface area contributed by atoms with Crippen molar-refractivity contribution in [1.29, 1.82) is 0 Å². The fraction of sp³-hybridized carbons (Fsp3) is 0.429. The Balaban J connectivity index is 1.80. The first-order chi connectivity index (χ1) is 12.9. The molecule has 0 aliphatic heterocycles. The fourth-order valence-corrected chi connectivity index (χ4v) is 4.56. The third-order valence-corrected chi connectivity index (χ3v) is 6.23. The summed E-state index contributed by atoms with van der Waals surface area (Å²) in [5.41, 5.74) is 3.65. The predicted octanol–water partition coefficient (Wildman–Crippen LogP) is 4.44. The highest BCUT2D eigenvalue weighted by Crippen LogP contribution is 2.38. The SMILES string of the molecule is COC(=O)c1c(NC(=O)C(C)Oc2cccc(C)c2C)sc2c1CCCC2. The van der Waals surface area contributed by atoms with Crippen LogP contribution in [-0.4, -0.2) is 25.1 Å². The van der Waals surface area contributed by atoms with E-state index in [0.29, 0.717) is 16.3 Å². The van der Waals surface area contributed by atoms with E-state index in [0.717, 1.165) is 42.4 Å². The van der Waals surface area contributed by atoms with Gasteiger partial charge in [-0.05, 0) is 69.2 Å². The van der Waals surface area contributed by atoms with Crippen molar-refractivity contribution >= 4 is 28.2 Å². The number of fused-ring (bicyclic) bond motifs is 1. The molecule has 1 amide bonds. The minimum atomic E-state index is -0.685. The average Bonchev–Trinajstić information content (AvgIpc) is 3.02. The number of methoxy groups -OCH3 is 1. The Labute approximate surface area is 163 Å². The smallest absolute Gasteiger partial charge is 0.341 e. The second kappa shape index (κ2) is 8.13. The Morgan fingerprint density at radius 1 is 1.19 bits per heavy atom. The normalized spacial score (nSPS) is 14.2. The third-order valence-electron chi connectivity index (χ3n) is 5.03. The number of esters is 1. The van der Waals surface area contributed by atoms with Gasteiger partial charge in [-0.15, -0.1) is 11.3 Å². The Kier molecular flexibility index (Phi) is 5.85. The van der Waals surface area contributed by atoms with E-state index < -0.39 is 12.1 Å². The molecule has 6 heteroatoms. The molecule has 1 atom stereocenters. The lowest BCUT2D eigenvalue weighted by molar-refractivity contribution is -0.122. The van der Waals surface area contributed by atoms with Crippen molar-refractivity contribution in [3.63, 3.8) is 0 Å². The Hall–Kier alpha value is -2.34. The van der Waals surface area contributed by atoms with Gasteiger partial charge in [0.1, 0.15) is 10.8 Å². The summed E-state index contributed by atoms with van der Waals surface area (Å²) in [7, 11) is 1.37. The zero-order chi connectivity index (χ0) is 19.6. The molecule has 0 radical (unpaired) electrons. The summed E-state index contributed by atoms with van der Waals surface area (Å²) in [6.45, 7) is 5.69. The number of rotatable bonds is 5. The van der Waals surface area contributed by atoms with Gasteiger partial charge in [-0.1, -0.05) is 12.1 Å². The minimum Gasteiger partial charge on any atom is -0.481 e. The van der Waals surface area contributed by atoms with E-state index in [4.69, 9.17) is 9.47 Å². The third kappa shape index (κ3) is 4.00. The maximum atomic E-state index is 12.7. The van der Waals surface area contributed by atoms with Gasteiger partial charge in [0, 0.05) is 4.88 Å². The second-order valence-corrected chi connectivity index (χ2v) is 7.96. The quantitative estimate of drug-likeness (QED) is 0.771. The summed E-state index contributed by atoms with van der Waals surface area (Å²) in [6, 6.07) is 5.77. The van der Waals surface area contributed by atoms with Gasteiger partial charge in [0.25, 0.3) is 5.91 Å². The lowest BCUT2D eigenvalue weighted by Gasteiger charge is -2.17. The average molecular weight is 388 g/mol. The monoisotopic (exact) mass is 387 g/mol. The molecule has 1 heterocycles. The Bertz CT molecular complexity index is 871. The van der Waals surface area contributed by atoms with E-state index >= 15 is 0 Å². The molecule has 0 fully saturated rings. The van der Waals surface area contributed by atoms with Crippen LogP contribution in [-0.2, 0) is 22.4 Å². The molecule has 1 aliphatic rings. The number of carbonyl (C=O) groups is 2. The minimum absolute atomic E-state index is 0.278. The highest BCUT2D eigenvalue weighted by Gasteiger charge is 2.28. The topological polar surface area (TPSA) is 64.6 Å². The van der Waals surface area contributed by atoms with Crippen molar-refractivity contribution in [3.05, 3.63) is 45.3 Å². The first-order valence-electron chi connectivity index (χ1n) is 9.19. The lowest BCUT2D eigenvalue weighted by atomic mass is 9.95. The van der Waals surface area contributed by atoms with Gasteiger partial charge in [0.05, 0.1) is 12.7 Å². The number of benzene rings is 1. The summed E-state index contributed by atoms with van der Waals surface area (Å²) in [4.78, 5) is 26.2. The molecule has 0 spiro atoms. The van der Waals surface area contributed by atoms with E-state index in [9.17, 15) is 9.59 Å². The summed E-state index contributed by atoms with van der Waals surface area (Å²) in [5.74, 6) is 0.0174. The van der Waals surface area contributed by atoms with Crippen molar-refractivity contribution in [1.82, 2.24) is 0 Å². The van der Waals surface area contributed by atoms with Crippen LogP contribution in [0.5, 0.6) is 5.75 Å². The number of carbonyl (C=O) groups excluding carboxylic acids is 2. The summed E-state index contributed by atoms with van der Waals surface area (Å²) >= 11 is 1.47. The van der Waals surface area contributed by atoms with Crippen LogP contribution in [0.4, 0.5) is 5.00 Å². The van der Waals surface area contributed by atoms with Gasteiger partial charge < -0.3 is 14.8 Å². The largest absolute Gasteiger partial charge is 0.481 e. The van der Waals surface area contributed by atoms with Crippen LogP contribution in [0, 0.1) is 13.8 Å². The van der Waals surface area contributed by atoms with Gasteiger partial charge in [0.2, 0.25) is 0 Å². The number of hydrogen-bond donors (Lipinski definition) is 1. The summed E-state index contributed by atoms with van der Waals surface area (Å²) in [5, 5.41) is 3.46. The van der Waals surface area contributed by atoms with Crippen LogP contribution < -0.4 is 10.1 Å². The molecule has 27 heavy (non-hydrogen) atoms. The highest BCUT2D eigenvalue weighted by molar-refractivity contribution is 7.17. The first-order valence-corrected chi connectivity index (χ1v) is 10.0. The van der Waals surface area contributed by atoms with Gasteiger partial charge in [0.15, 0.2) is 6.10 Å². The Morgan fingerprint density at radius 3 is 2.67 bits per heavy atom. The molecule has 5 nitrogen and oxygen atoms in total. The summed E-state index contributed by atoms with van der Waals surface area (Å²) < 4.78 is 10.8. The number of thiophene rings is 1. The highest BCUT2D eigenvalue weighted by atomic mass is 32.1. The molecule has 144 valence electrons. The molecule has 1 N–H and O–H groups in total. The molecule has 0 saturated heterocycles. The van der Waals surface area contributed by atoms with Gasteiger partial charge >= 0.3 is 5.97 Å². The molecule has 1 aliphatic carbocycles. The zero-order valence-electron chi connectivity index (χ0n) is 16.2. The standard InChI is InChI=1S/C21H25NO4S/c1-12-8-7-10-16(13(12)2)26-14(3)19(23)22-20-18(21(24)25-4)15-9-5-6-11-17(15)27-20/h7-8,10,14H,5-6,9,11H2,1-4H3,(H,22,23). The van der Waals surface area contributed by atoms with E-state index in [1.165, 1.54) is 23.3 Å². The first kappa shape index (κ1) is 19.4. The van der Waals surface area contributed by atoms with Crippen LogP contribution in [0.25, 0.3) is 0 Å². The van der Waals surface area contributed by atoms with Crippen LogP contribution >= 0.6 is 11.3 Å². The number of aryl methyl sites for hydroxylation is 2. The summed E-state index contributed by atoms with van der Waals surface area (Å²) in [6.07, 6.45) is 3.26. The van der Waals surface area contributed by atoms with Crippen LogP contribution in [0.2, 0.25) is 0 Å². The fourth-order valence-electron chi connectivity index (χ4n) is 3.28. The number of ether oxygens (including phenoxy) is 2. The molecule has 1 aromatic heterocycles. The number of amides is 1. The predicted molar refractivity (Wildman–Crippen MR) is 107 cm³/mol. The van der Waals surface area contributed by atoms with Crippen LogP contribution in [0.1, 0.15) is 51.7 Å². The molecule has 2 aromatic rings. The van der Waals surface area contributed by atoms with E-state index in [1.807, 2.05) is 32.0 Å². The molecule has 3 rings (SSSR count). The number of hydrogen-bond acceptors (Lipinski definition) is 5. The molecular formula is C21H25NO4S.